The molecule has 0 bridgehead atoms. The number of halogens is 1. The van der Waals surface area contributed by atoms with Gasteiger partial charge in [-0.2, -0.15) is 5.10 Å². The van der Waals surface area contributed by atoms with Gasteiger partial charge in [-0.05, 0) is 18.6 Å². The first kappa shape index (κ1) is 21.5. The van der Waals surface area contributed by atoms with Gasteiger partial charge in [0, 0.05) is 63.3 Å². The Morgan fingerprint density at radius 1 is 1.24 bits per heavy atom. The highest BCUT2D eigenvalue weighted by atomic mass is 35.5. The third-order valence-electron chi connectivity index (χ3n) is 5.15. The van der Waals surface area contributed by atoms with E-state index < -0.39 is 20.4 Å². The van der Waals surface area contributed by atoms with Crippen LogP contribution in [0.4, 0.5) is 11.4 Å². The summed E-state index contributed by atoms with van der Waals surface area (Å²) in [6.45, 7) is 5.65. The normalized spacial score (nSPS) is 15.7. The van der Waals surface area contributed by atoms with Crippen LogP contribution in [0, 0.1) is 10.1 Å². The number of aryl methyl sites for hydroxylation is 2. The summed E-state index contributed by atoms with van der Waals surface area (Å²) in [7, 11) is -1.87. The Morgan fingerprint density at radius 2 is 1.90 bits per heavy atom. The Bertz CT molecular complexity index is 1030. The van der Waals surface area contributed by atoms with Crippen LogP contribution in [-0.2, 0) is 29.9 Å². The third kappa shape index (κ3) is 4.54. The minimum absolute atomic E-state index is 0.253. The van der Waals surface area contributed by atoms with E-state index in [0.29, 0.717) is 30.5 Å². The summed E-state index contributed by atoms with van der Waals surface area (Å²) in [5, 5.41) is 16.3. The van der Waals surface area contributed by atoms with Crippen LogP contribution in [0.2, 0.25) is 5.15 Å². The first-order chi connectivity index (χ1) is 13.6. The van der Waals surface area contributed by atoms with E-state index in [1.54, 1.807) is 10.7 Å². The molecule has 11 heteroatoms. The van der Waals surface area contributed by atoms with Gasteiger partial charge < -0.3 is 4.90 Å². The molecule has 0 radical (unpaired) electrons. The molecule has 1 aliphatic heterocycles. The fraction of sp³-hybridized carbons (Fsp3) is 0.500. The molecule has 0 aliphatic carbocycles. The second kappa shape index (κ2) is 8.29. The number of nitrogens with zero attached hydrogens (tertiary/aromatic N) is 5. The van der Waals surface area contributed by atoms with Gasteiger partial charge in [-0.25, -0.2) is 8.42 Å². The van der Waals surface area contributed by atoms with Crippen LogP contribution in [-0.4, -0.2) is 60.5 Å². The number of benzene rings is 1. The number of aromatic nitrogens is 2. The lowest BCUT2D eigenvalue weighted by atomic mass is 10.1. The molecule has 1 aromatic carbocycles. The lowest BCUT2D eigenvalue weighted by Crippen LogP contribution is -2.46. The molecule has 1 fully saturated rings. The SMILES string of the molecule is CCc1nn(C)c(Cl)c1CN1CCN(c2ccc([N+](=O)[O-])c(S(C)(=O)=O)c2)CC1. The van der Waals surface area contributed by atoms with Crippen LogP contribution in [0.5, 0.6) is 0 Å². The van der Waals surface area contributed by atoms with Crippen LogP contribution in [0.15, 0.2) is 23.1 Å². The van der Waals surface area contributed by atoms with Crippen molar-refractivity contribution in [2.45, 2.75) is 24.8 Å². The molecule has 158 valence electrons. The summed E-state index contributed by atoms with van der Waals surface area (Å²) in [6, 6.07) is 4.27. The Hall–Kier alpha value is -2.17. The summed E-state index contributed by atoms with van der Waals surface area (Å²) in [5.41, 5.74) is 2.31. The summed E-state index contributed by atoms with van der Waals surface area (Å²) < 4.78 is 25.7. The van der Waals surface area contributed by atoms with Gasteiger partial charge in [0.05, 0.1) is 10.6 Å². The number of sulfone groups is 1. The Labute approximate surface area is 174 Å². The standard InChI is InChI=1S/C18H24ClN5O4S/c1-4-15-14(18(19)21(2)20-15)12-22-7-9-23(10-8-22)13-5-6-16(24(25)26)17(11-13)29(3,27)28/h5-6,11H,4,7-10,12H2,1-3H3. The molecule has 0 atom stereocenters. The molecule has 0 N–H and O–H groups in total. The lowest BCUT2D eigenvalue weighted by Gasteiger charge is -2.36. The van der Waals surface area contributed by atoms with E-state index in [9.17, 15) is 18.5 Å². The van der Waals surface area contributed by atoms with Crippen molar-refractivity contribution in [1.82, 2.24) is 14.7 Å². The second-order valence-electron chi connectivity index (χ2n) is 7.14. The van der Waals surface area contributed by atoms with Crippen LogP contribution < -0.4 is 4.90 Å². The number of nitro groups is 1. The van der Waals surface area contributed by atoms with E-state index >= 15 is 0 Å². The van der Waals surface area contributed by atoms with Crippen LogP contribution in [0.1, 0.15) is 18.2 Å². The number of hydrogen-bond acceptors (Lipinski definition) is 7. The van der Waals surface area contributed by atoms with Crippen molar-refractivity contribution in [2.75, 3.05) is 37.3 Å². The molecule has 1 aromatic heterocycles. The number of hydrogen-bond donors (Lipinski definition) is 0. The lowest BCUT2D eigenvalue weighted by molar-refractivity contribution is -0.387. The van der Waals surface area contributed by atoms with Crippen LogP contribution in [0.25, 0.3) is 0 Å². The molecule has 0 unspecified atom stereocenters. The molecule has 1 saturated heterocycles. The maximum atomic E-state index is 12.0. The smallest absolute Gasteiger partial charge is 0.288 e. The summed E-state index contributed by atoms with van der Waals surface area (Å²) in [6.07, 6.45) is 1.80. The van der Waals surface area contributed by atoms with Gasteiger partial charge >= 0.3 is 0 Å². The molecular formula is C18H24ClN5O4S. The fourth-order valence-corrected chi connectivity index (χ4v) is 4.64. The molecular weight excluding hydrogens is 418 g/mol. The Morgan fingerprint density at radius 3 is 2.45 bits per heavy atom. The van der Waals surface area contributed by atoms with Crippen molar-refractivity contribution >= 4 is 32.8 Å². The van der Waals surface area contributed by atoms with Gasteiger partial charge in [0.1, 0.15) is 10.0 Å². The van der Waals surface area contributed by atoms with E-state index in [2.05, 4.69) is 10.00 Å². The van der Waals surface area contributed by atoms with Crippen LogP contribution in [0.3, 0.4) is 0 Å². The number of nitro benzene ring substituents is 1. The van der Waals surface area contributed by atoms with Gasteiger partial charge in [-0.1, -0.05) is 18.5 Å². The fourth-order valence-electron chi connectivity index (χ4n) is 3.58. The third-order valence-corrected chi connectivity index (χ3v) is 6.74. The minimum Gasteiger partial charge on any atom is -0.369 e. The molecule has 1 aliphatic rings. The number of rotatable bonds is 6. The largest absolute Gasteiger partial charge is 0.369 e. The maximum Gasteiger partial charge on any atom is 0.288 e. The minimum atomic E-state index is -3.70. The van der Waals surface area contributed by atoms with Crippen molar-refractivity contribution in [1.29, 1.82) is 0 Å². The quantitative estimate of drug-likeness (QED) is 0.500. The molecule has 0 amide bonds. The Kier molecular flexibility index (Phi) is 6.16. The molecule has 0 saturated carbocycles. The van der Waals surface area contributed by atoms with Gasteiger partial charge in [0.15, 0.2) is 9.84 Å². The van der Waals surface area contributed by atoms with E-state index in [-0.39, 0.29) is 4.90 Å². The van der Waals surface area contributed by atoms with Crippen LogP contribution >= 0.6 is 11.6 Å². The predicted molar refractivity (Wildman–Crippen MR) is 111 cm³/mol. The van der Waals surface area contributed by atoms with Crippen molar-refractivity contribution in [3.63, 3.8) is 0 Å². The summed E-state index contributed by atoms with van der Waals surface area (Å²) >= 11 is 6.39. The molecule has 2 aromatic rings. The molecule has 9 nitrogen and oxygen atoms in total. The van der Waals surface area contributed by atoms with Crippen molar-refractivity contribution in [3.05, 3.63) is 44.7 Å². The Balaban J connectivity index is 1.74. The first-order valence-corrected chi connectivity index (χ1v) is 11.5. The molecule has 0 spiro atoms. The highest BCUT2D eigenvalue weighted by molar-refractivity contribution is 7.90. The molecule has 3 rings (SSSR count). The second-order valence-corrected chi connectivity index (χ2v) is 9.48. The highest BCUT2D eigenvalue weighted by Gasteiger charge is 2.26. The predicted octanol–water partition coefficient (Wildman–Crippen LogP) is 2.27. The maximum absolute atomic E-state index is 12.0. The topological polar surface area (TPSA) is 102 Å². The van der Waals surface area contributed by atoms with E-state index in [1.165, 1.54) is 12.1 Å². The summed E-state index contributed by atoms with van der Waals surface area (Å²) in [5.74, 6) is 0. The molecule has 2 heterocycles. The van der Waals surface area contributed by atoms with E-state index in [1.807, 2.05) is 18.9 Å². The van der Waals surface area contributed by atoms with E-state index in [0.717, 1.165) is 37.0 Å². The number of piperazine rings is 1. The van der Waals surface area contributed by atoms with Crippen molar-refractivity contribution < 1.29 is 13.3 Å². The summed E-state index contributed by atoms with van der Waals surface area (Å²) in [4.78, 5) is 14.6. The van der Waals surface area contributed by atoms with Crippen molar-refractivity contribution in [2.24, 2.45) is 7.05 Å². The first-order valence-electron chi connectivity index (χ1n) is 9.27. The van der Waals surface area contributed by atoms with Gasteiger partial charge in [-0.3, -0.25) is 19.7 Å². The monoisotopic (exact) mass is 441 g/mol. The highest BCUT2D eigenvalue weighted by Crippen LogP contribution is 2.30. The zero-order valence-corrected chi connectivity index (χ0v) is 18.2. The zero-order chi connectivity index (χ0) is 21.3. The van der Waals surface area contributed by atoms with E-state index in [4.69, 9.17) is 11.6 Å². The molecule has 29 heavy (non-hydrogen) atoms. The van der Waals surface area contributed by atoms with Gasteiger partial charge in [-0.15, -0.1) is 0 Å². The average molecular weight is 442 g/mol. The zero-order valence-electron chi connectivity index (χ0n) is 16.6. The van der Waals surface area contributed by atoms with Gasteiger partial charge in [0.25, 0.3) is 5.69 Å². The van der Waals surface area contributed by atoms with Gasteiger partial charge in [0.2, 0.25) is 0 Å². The average Bonchev–Trinajstić information content (AvgIpc) is 2.95. The number of anilines is 1. The van der Waals surface area contributed by atoms with Crippen molar-refractivity contribution in [3.8, 4) is 0 Å².